The summed E-state index contributed by atoms with van der Waals surface area (Å²) in [7, 11) is 0. The third-order valence-corrected chi connectivity index (χ3v) is 3.13. The molecule has 1 aromatic carbocycles. The summed E-state index contributed by atoms with van der Waals surface area (Å²) in [5.41, 5.74) is 1.87. The minimum atomic E-state index is 0.193. The zero-order valence-electron chi connectivity index (χ0n) is 11.0. The highest BCUT2D eigenvalue weighted by molar-refractivity contribution is 5.82. The summed E-state index contributed by atoms with van der Waals surface area (Å²) < 4.78 is 5.22. The van der Waals surface area contributed by atoms with Crippen molar-refractivity contribution in [1.29, 1.82) is 0 Å². The molecule has 0 aliphatic heterocycles. The fourth-order valence-corrected chi connectivity index (χ4v) is 2.08. The van der Waals surface area contributed by atoms with Crippen molar-refractivity contribution in [1.82, 2.24) is 15.1 Å². The predicted octanol–water partition coefficient (Wildman–Crippen LogP) is 2.60. The average molecular weight is 269 g/mol. The van der Waals surface area contributed by atoms with Gasteiger partial charge in [-0.25, -0.2) is 0 Å². The Labute approximate surface area is 116 Å². The molecule has 0 radical (unpaired) electrons. The smallest absolute Gasteiger partial charge is 0.226 e. The lowest BCUT2D eigenvalue weighted by Gasteiger charge is -1.98. The molecular formula is C15H15N3O2. The third-order valence-electron chi connectivity index (χ3n) is 3.13. The van der Waals surface area contributed by atoms with E-state index in [9.17, 15) is 0 Å². The molecule has 2 aromatic heterocycles. The van der Waals surface area contributed by atoms with Crippen LogP contribution in [0.1, 0.15) is 18.7 Å². The molecule has 0 aliphatic carbocycles. The molecule has 0 aliphatic rings. The molecule has 0 spiro atoms. The normalized spacial score (nSPS) is 11.1. The number of pyridine rings is 1. The second-order valence-electron chi connectivity index (χ2n) is 4.60. The quantitative estimate of drug-likeness (QED) is 0.721. The van der Waals surface area contributed by atoms with Gasteiger partial charge in [0.05, 0.1) is 5.52 Å². The molecule has 0 saturated carbocycles. The molecular weight excluding hydrogens is 254 g/mol. The van der Waals surface area contributed by atoms with Gasteiger partial charge in [-0.1, -0.05) is 11.2 Å². The summed E-state index contributed by atoms with van der Waals surface area (Å²) in [6.07, 6.45) is 4.07. The van der Waals surface area contributed by atoms with Crippen LogP contribution in [0, 0.1) is 0 Å². The van der Waals surface area contributed by atoms with E-state index in [1.54, 1.807) is 6.20 Å². The Hall–Kier alpha value is -2.27. The van der Waals surface area contributed by atoms with Crippen molar-refractivity contribution in [2.24, 2.45) is 0 Å². The molecule has 3 rings (SSSR count). The maximum Gasteiger partial charge on any atom is 0.226 e. The zero-order valence-corrected chi connectivity index (χ0v) is 11.0. The average Bonchev–Trinajstić information content (AvgIpc) is 2.96. The van der Waals surface area contributed by atoms with Crippen LogP contribution < -0.4 is 0 Å². The van der Waals surface area contributed by atoms with Gasteiger partial charge in [0.25, 0.3) is 0 Å². The van der Waals surface area contributed by atoms with Crippen molar-refractivity contribution >= 4 is 10.9 Å². The summed E-state index contributed by atoms with van der Waals surface area (Å²) in [5, 5.41) is 13.8. The van der Waals surface area contributed by atoms with Gasteiger partial charge in [0.2, 0.25) is 11.7 Å². The van der Waals surface area contributed by atoms with Gasteiger partial charge in [-0.05, 0) is 37.1 Å². The van der Waals surface area contributed by atoms with Crippen molar-refractivity contribution in [2.75, 3.05) is 6.61 Å². The second kappa shape index (κ2) is 5.79. The monoisotopic (exact) mass is 269 g/mol. The molecule has 0 fully saturated rings. The lowest BCUT2D eigenvalue weighted by Crippen LogP contribution is -1.89. The molecule has 5 nitrogen and oxygen atoms in total. The topological polar surface area (TPSA) is 72.0 Å². The van der Waals surface area contributed by atoms with E-state index in [4.69, 9.17) is 9.63 Å². The number of aliphatic hydroxyl groups is 1. The summed E-state index contributed by atoms with van der Waals surface area (Å²) in [5.74, 6) is 1.20. The Morgan fingerprint density at radius 1 is 1.15 bits per heavy atom. The van der Waals surface area contributed by atoms with Crippen LogP contribution in [0.25, 0.3) is 22.3 Å². The molecule has 0 saturated heterocycles. The summed E-state index contributed by atoms with van der Waals surface area (Å²) in [6.45, 7) is 0.193. The first-order chi connectivity index (χ1) is 9.86. The lowest BCUT2D eigenvalue weighted by atomic mass is 10.1. The number of hydrogen-bond donors (Lipinski definition) is 1. The summed E-state index contributed by atoms with van der Waals surface area (Å²) in [4.78, 5) is 8.66. The first-order valence-corrected chi connectivity index (χ1v) is 6.65. The molecule has 20 heavy (non-hydrogen) atoms. The molecule has 0 amide bonds. The van der Waals surface area contributed by atoms with E-state index in [0.29, 0.717) is 18.1 Å². The van der Waals surface area contributed by atoms with E-state index in [2.05, 4.69) is 15.1 Å². The number of aliphatic hydroxyl groups excluding tert-OH is 1. The number of aryl methyl sites for hydroxylation is 1. The Balaban J connectivity index is 1.83. The van der Waals surface area contributed by atoms with Gasteiger partial charge in [-0.15, -0.1) is 0 Å². The molecule has 0 unspecified atom stereocenters. The summed E-state index contributed by atoms with van der Waals surface area (Å²) >= 11 is 0. The van der Waals surface area contributed by atoms with Crippen molar-refractivity contribution in [3.63, 3.8) is 0 Å². The van der Waals surface area contributed by atoms with Gasteiger partial charge >= 0.3 is 0 Å². The van der Waals surface area contributed by atoms with Gasteiger partial charge < -0.3 is 9.63 Å². The maximum atomic E-state index is 8.76. The molecule has 2 heterocycles. The van der Waals surface area contributed by atoms with Crippen LogP contribution in [0.15, 0.2) is 41.1 Å². The van der Waals surface area contributed by atoms with E-state index < -0.39 is 0 Å². The minimum Gasteiger partial charge on any atom is -0.396 e. The molecule has 3 aromatic rings. The van der Waals surface area contributed by atoms with Crippen molar-refractivity contribution in [3.05, 3.63) is 42.4 Å². The van der Waals surface area contributed by atoms with Crippen LogP contribution in [0.2, 0.25) is 0 Å². The van der Waals surface area contributed by atoms with Crippen LogP contribution >= 0.6 is 0 Å². The Morgan fingerprint density at radius 2 is 2.10 bits per heavy atom. The van der Waals surface area contributed by atoms with Crippen LogP contribution in [0.5, 0.6) is 0 Å². The number of unbranched alkanes of at least 4 members (excludes halogenated alkanes) is 1. The van der Waals surface area contributed by atoms with E-state index >= 15 is 0 Å². The highest BCUT2D eigenvalue weighted by atomic mass is 16.5. The maximum absolute atomic E-state index is 8.76. The van der Waals surface area contributed by atoms with Crippen LogP contribution in [0.4, 0.5) is 0 Å². The first-order valence-electron chi connectivity index (χ1n) is 6.65. The number of aromatic nitrogens is 3. The number of hydrogen-bond acceptors (Lipinski definition) is 5. The second-order valence-corrected chi connectivity index (χ2v) is 4.60. The molecule has 0 atom stereocenters. The highest BCUT2D eigenvalue weighted by Crippen LogP contribution is 2.21. The standard InChI is InChI=1S/C15H15N3O2/c19-9-2-1-5-14-17-15(18-20-14)12-6-7-13-11(10-12)4-3-8-16-13/h3-4,6-8,10,19H,1-2,5,9H2. The Bertz CT molecular complexity index is 709. The van der Waals surface area contributed by atoms with Crippen LogP contribution in [0.3, 0.4) is 0 Å². The van der Waals surface area contributed by atoms with Gasteiger partial charge in [0, 0.05) is 30.2 Å². The van der Waals surface area contributed by atoms with Gasteiger partial charge in [-0.3, -0.25) is 4.98 Å². The molecule has 5 heteroatoms. The van der Waals surface area contributed by atoms with Gasteiger partial charge in [-0.2, -0.15) is 4.98 Å². The number of rotatable bonds is 5. The van der Waals surface area contributed by atoms with Crippen molar-refractivity contribution in [3.8, 4) is 11.4 Å². The van der Waals surface area contributed by atoms with Crippen LogP contribution in [-0.2, 0) is 6.42 Å². The van der Waals surface area contributed by atoms with E-state index in [0.717, 1.165) is 29.3 Å². The largest absolute Gasteiger partial charge is 0.396 e. The van der Waals surface area contributed by atoms with E-state index in [1.807, 2.05) is 30.3 Å². The molecule has 0 bridgehead atoms. The number of benzene rings is 1. The van der Waals surface area contributed by atoms with E-state index in [1.165, 1.54) is 0 Å². The Morgan fingerprint density at radius 3 is 3.00 bits per heavy atom. The number of fused-ring (bicyclic) bond motifs is 1. The fraction of sp³-hybridized carbons (Fsp3) is 0.267. The van der Waals surface area contributed by atoms with E-state index in [-0.39, 0.29) is 6.61 Å². The van der Waals surface area contributed by atoms with Gasteiger partial charge in [0.1, 0.15) is 0 Å². The lowest BCUT2D eigenvalue weighted by molar-refractivity contribution is 0.281. The van der Waals surface area contributed by atoms with Gasteiger partial charge in [0.15, 0.2) is 0 Å². The highest BCUT2D eigenvalue weighted by Gasteiger charge is 2.09. The third kappa shape index (κ3) is 2.67. The Kier molecular flexibility index (Phi) is 3.69. The fourth-order valence-electron chi connectivity index (χ4n) is 2.08. The molecule has 1 N–H and O–H groups in total. The zero-order chi connectivity index (χ0) is 13.8. The number of nitrogens with zero attached hydrogens (tertiary/aromatic N) is 3. The van der Waals surface area contributed by atoms with Crippen molar-refractivity contribution < 1.29 is 9.63 Å². The first kappa shape index (κ1) is 12.7. The minimum absolute atomic E-state index is 0.193. The van der Waals surface area contributed by atoms with Crippen LogP contribution in [-0.4, -0.2) is 26.8 Å². The predicted molar refractivity (Wildman–Crippen MR) is 75.1 cm³/mol. The van der Waals surface area contributed by atoms with Crippen molar-refractivity contribution in [2.45, 2.75) is 19.3 Å². The SMILES string of the molecule is OCCCCc1nc(-c2ccc3ncccc3c2)no1. The molecule has 102 valence electrons. The summed E-state index contributed by atoms with van der Waals surface area (Å²) in [6, 6.07) is 9.81.